The summed E-state index contributed by atoms with van der Waals surface area (Å²) in [5, 5.41) is 0. The van der Waals surface area contributed by atoms with Crippen molar-refractivity contribution >= 4 is 5.91 Å². The number of rotatable bonds is 3. The minimum atomic E-state index is 0.334. The Morgan fingerprint density at radius 1 is 1.19 bits per heavy atom. The standard InChI is InChI=1S/C17H24N2O2/c20-17(14-3-1-4-14)19-10-13-6-7-15(11-19)18(9-13)12-16-5-2-8-21-16/h2,5,8,13-15H,1,3-4,6-7,9-12H2/t13-,15-/m1/s1. The molecule has 0 N–H and O–H groups in total. The van der Waals surface area contributed by atoms with Crippen LogP contribution in [0.3, 0.4) is 0 Å². The molecular formula is C17H24N2O2. The van der Waals surface area contributed by atoms with Gasteiger partial charge in [-0.25, -0.2) is 0 Å². The molecule has 114 valence electrons. The molecule has 4 nitrogen and oxygen atoms in total. The van der Waals surface area contributed by atoms with Gasteiger partial charge in [0.15, 0.2) is 0 Å². The first-order chi connectivity index (χ1) is 10.3. The Kier molecular flexibility index (Phi) is 3.49. The molecule has 3 aliphatic heterocycles. The van der Waals surface area contributed by atoms with Crippen LogP contribution in [0.25, 0.3) is 0 Å². The summed E-state index contributed by atoms with van der Waals surface area (Å²) in [5.74, 6) is 2.45. The van der Waals surface area contributed by atoms with E-state index in [1.807, 2.05) is 6.07 Å². The van der Waals surface area contributed by atoms with Gasteiger partial charge in [0.05, 0.1) is 12.8 Å². The Labute approximate surface area is 126 Å². The summed E-state index contributed by atoms with van der Waals surface area (Å²) in [6.45, 7) is 3.90. The van der Waals surface area contributed by atoms with E-state index in [0.29, 0.717) is 23.8 Å². The summed E-state index contributed by atoms with van der Waals surface area (Å²) < 4.78 is 5.50. The topological polar surface area (TPSA) is 36.7 Å². The fourth-order valence-corrected chi connectivity index (χ4v) is 4.07. The number of piperidine rings is 1. The Bertz CT molecular complexity index is 495. The molecule has 4 heteroatoms. The molecule has 2 atom stereocenters. The summed E-state index contributed by atoms with van der Waals surface area (Å²) in [6, 6.07) is 4.52. The highest BCUT2D eigenvalue weighted by Gasteiger charge is 2.39. The molecule has 4 heterocycles. The Hall–Kier alpha value is -1.29. The van der Waals surface area contributed by atoms with Crippen LogP contribution >= 0.6 is 0 Å². The van der Waals surface area contributed by atoms with Crippen LogP contribution in [-0.4, -0.2) is 41.4 Å². The van der Waals surface area contributed by atoms with Gasteiger partial charge in [0.25, 0.3) is 0 Å². The largest absolute Gasteiger partial charge is 0.468 e. The maximum atomic E-state index is 12.6. The summed E-state index contributed by atoms with van der Waals surface area (Å²) >= 11 is 0. The lowest BCUT2D eigenvalue weighted by atomic mass is 9.84. The zero-order valence-electron chi connectivity index (χ0n) is 12.5. The molecule has 1 aromatic rings. The molecule has 5 rings (SSSR count). The van der Waals surface area contributed by atoms with Gasteiger partial charge >= 0.3 is 0 Å². The molecule has 1 saturated carbocycles. The number of furan rings is 1. The maximum absolute atomic E-state index is 12.6. The van der Waals surface area contributed by atoms with Gasteiger partial charge in [0, 0.05) is 31.6 Å². The molecule has 21 heavy (non-hydrogen) atoms. The Morgan fingerprint density at radius 3 is 2.81 bits per heavy atom. The second-order valence-electron chi connectivity index (χ2n) is 6.98. The fraction of sp³-hybridized carbons (Fsp3) is 0.706. The number of fused-ring (bicyclic) bond motifs is 4. The molecule has 2 bridgehead atoms. The van der Waals surface area contributed by atoms with Crippen LogP contribution < -0.4 is 0 Å². The Morgan fingerprint density at radius 2 is 2.10 bits per heavy atom. The first-order valence-corrected chi connectivity index (χ1v) is 8.35. The second-order valence-corrected chi connectivity index (χ2v) is 6.98. The minimum Gasteiger partial charge on any atom is -0.468 e. The second kappa shape index (κ2) is 5.48. The molecule has 1 amide bonds. The van der Waals surface area contributed by atoms with Crippen molar-refractivity contribution in [2.24, 2.45) is 11.8 Å². The molecule has 3 saturated heterocycles. The number of amides is 1. The average molecular weight is 288 g/mol. The highest BCUT2D eigenvalue weighted by molar-refractivity contribution is 5.79. The van der Waals surface area contributed by atoms with Crippen LogP contribution in [0, 0.1) is 11.8 Å². The van der Waals surface area contributed by atoms with E-state index < -0.39 is 0 Å². The molecule has 0 radical (unpaired) electrons. The molecular weight excluding hydrogens is 264 g/mol. The summed E-state index contributed by atoms with van der Waals surface area (Å²) in [7, 11) is 0. The van der Waals surface area contributed by atoms with Crippen molar-refractivity contribution < 1.29 is 9.21 Å². The molecule has 0 unspecified atom stereocenters. The van der Waals surface area contributed by atoms with E-state index in [0.717, 1.165) is 44.8 Å². The van der Waals surface area contributed by atoms with Crippen LogP contribution in [0.15, 0.2) is 22.8 Å². The van der Waals surface area contributed by atoms with Crippen molar-refractivity contribution in [3.8, 4) is 0 Å². The van der Waals surface area contributed by atoms with Gasteiger partial charge in [0.2, 0.25) is 5.91 Å². The smallest absolute Gasteiger partial charge is 0.225 e. The highest BCUT2D eigenvalue weighted by atomic mass is 16.3. The van der Waals surface area contributed by atoms with Crippen LogP contribution in [0.4, 0.5) is 0 Å². The third-order valence-electron chi connectivity index (χ3n) is 5.53. The molecule has 0 aromatic carbocycles. The minimum absolute atomic E-state index is 0.334. The van der Waals surface area contributed by atoms with Crippen molar-refractivity contribution in [1.29, 1.82) is 0 Å². The predicted molar refractivity (Wildman–Crippen MR) is 79.6 cm³/mol. The first kappa shape index (κ1) is 13.4. The van der Waals surface area contributed by atoms with Gasteiger partial charge in [-0.2, -0.15) is 0 Å². The quantitative estimate of drug-likeness (QED) is 0.857. The van der Waals surface area contributed by atoms with Gasteiger partial charge in [-0.3, -0.25) is 9.69 Å². The molecule has 4 aliphatic rings. The van der Waals surface area contributed by atoms with Gasteiger partial charge in [0.1, 0.15) is 5.76 Å². The maximum Gasteiger partial charge on any atom is 0.225 e. The zero-order valence-corrected chi connectivity index (χ0v) is 12.5. The number of carbonyl (C=O) groups excluding carboxylic acids is 1. The first-order valence-electron chi connectivity index (χ1n) is 8.35. The van der Waals surface area contributed by atoms with Crippen molar-refractivity contribution in [3.63, 3.8) is 0 Å². The number of hydrogen-bond acceptors (Lipinski definition) is 3. The average Bonchev–Trinajstić information content (AvgIpc) is 2.75. The van der Waals surface area contributed by atoms with Crippen molar-refractivity contribution in [3.05, 3.63) is 24.2 Å². The lowest BCUT2D eigenvalue weighted by molar-refractivity contribution is -0.138. The molecule has 1 aromatic heterocycles. The van der Waals surface area contributed by atoms with Crippen molar-refractivity contribution in [2.75, 3.05) is 19.6 Å². The van der Waals surface area contributed by atoms with Crippen molar-refractivity contribution in [1.82, 2.24) is 9.80 Å². The van der Waals surface area contributed by atoms with Gasteiger partial charge in [-0.05, 0) is 43.7 Å². The van der Waals surface area contributed by atoms with E-state index in [1.54, 1.807) is 6.26 Å². The monoisotopic (exact) mass is 288 g/mol. The summed E-state index contributed by atoms with van der Waals surface area (Å²) in [4.78, 5) is 17.3. The SMILES string of the molecule is O=C(C1CCC1)N1C[C@@H]2CC[C@H](C1)N(Cc1ccco1)C2. The third-order valence-corrected chi connectivity index (χ3v) is 5.53. The van der Waals surface area contributed by atoms with Gasteiger partial charge in [-0.1, -0.05) is 6.42 Å². The lowest BCUT2D eigenvalue weighted by Gasteiger charge is -2.35. The van der Waals surface area contributed by atoms with E-state index in [1.165, 1.54) is 19.3 Å². The number of hydrogen-bond donors (Lipinski definition) is 0. The van der Waals surface area contributed by atoms with Crippen molar-refractivity contribution in [2.45, 2.75) is 44.7 Å². The molecule has 0 spiro atoms. The summed E-state index contributed by atoms with van der Waals surface area (Å²) in [6.07, 6.45) is 7.70. The van der Waals surface area contributed by atoms with E-state index in [4.69, 9.17) is 4.42 Å². The predicted octanol–water partition coefficient (Wildman–Crippen LogP) is 2.50. The van der Waals surface area contributed by atoms with Crippen LogP contribution in [0.5, 0.6) is 0 Å². The number of carbonyl (C=O) groups is 1. The normalized spacial score (nSPS) is 30.2. The lowest BCUT2D eigenvalue weighted by Crippen LogP contribution is -2.45. The van der Waals surface area contributed by atoms with Crippen LogP contribution in [0.2, 0.25) is 0 Å². The number of nitrogens with zero attached hydrogens (tertiary/aromatic N) is 2. The van der Waals surface area contributed by atoms with E-state index in [-0.39, 0.29) is 0 Å². The fourth-order valence-electron chi connectivity index (χ4n) is 4.07. The summed E-state index contributed by atoms with van der Waals surface area (Å²) in [5.41, 5.74) is 0. The van der Waals surface area contributed by atoms with E-state index in [2.05, 4.69) is 15.9 Å². The van der Waals surface area contributed by atoms with Crippen LogP contribution in [-0.2, 0) is 11.3 Å². The zero-order chi connectivity index (χ0) is 14.2. The highest BCUT2D eigenvalue weighted by Crippen LogP contribution is 2.33. The van der Waals surface area contributed by atoms with E-state index >= 15 is 0 Å². The molecule has 1 aliphatic carbocycles. The Balaban J connectivity index is 1.45. The van der Waals surface area contributed by atoms with Gasteiger partial charge in [-0.15, -0.1) is 0 Å². The molecule has 4 fully saturated rings. The van der Waals surface area contributed by atoms with Crippen LogP contribution in [0.1, 0.15) is 37.9 Å². The van der Waals surface area contributed by atoms with Gasteiger partial charge < -0.3 is 9.32 Å². The third kappa shape index (κ3) is 2.61. The van der Waals surface area contributed by atoms with E-state index in [9.17, 15) is 4.79 Å².